The molecule has 130 valence electrons. The minimum atomic E-state index is 0.553. The van der Waals surface area contributed by atoms with Crippen molar-refractivity contribution in [1.82, 2.24) is 9.29 Å². The Labute approximate surface area is 153 Å². The molecule has 1 aliphatic rings. The van der Waals surface area contributed by atoms with Gasteiger partial charge in [-0.15, -0.1) is 0 Å². The van der Waals surface area contributed by atoms with Crippen molar-refractivity contribution in [3.05, 3.63) is 54.1 Å². The Balaban J connectivity index is 1.63. The number of aromatic nitrogens is 1. The second-order valence-electron chi connectivity index (χ2n) is 6.86. The zero-order valence-corrected chi connectivity index (χ0v) is 15.7. The third kappa shape index (κ3) is 3.55. The first-order valence-corrected chi connectivity index (χ1v) is 10.2. The molecule has 1 aliphatic heterocycles. The molecule has 1 aromatic heterocycles. The Morgan fingerprint density at radius 2 is 1.84 bits per heavy atom. The molecule has 1 saturated heterocycles. The number of anilines is 1. The summed E-state index contributed by atoms with van der Waals surface area (Å²) in [6, 6.07) is 17.9. The molecule has 3 aromatic rings. The molecule has 0 amide bonds. The van der Waals surface area contributed by atoms with E-state index in [-0.39, 0.29) is 0 Å². The van der Waals surface area contributed by atoms with Crippen molar-refractivity contribution in [3.63, 3.8) is 0 Å². The summed E-state index contributed by atoms with van der Waals surface area (Å²) in [4.78, 5) is 3.64. The van der Waals surface area contributed by atoms with Crippen LogP contribution in [0.2, 0.25) is 0 Å². The standard InChI is InChI=1S/C21H25N3S/c1-15-12-17-14-19(16-6-4-3-5-7-16)23-21(17)20(13-15)22-18-8-10-24(25-2)11-9-18/h3-7,12-14,18,22-23H,8-11H2,1-2H3. The quantitative estimate of drug-likeness (QED) is 0.626. The van der Waals surface area contributed by atoms with Gasteiger partial charge in [0, 0.05) is 30.2 Å². The van der Waals surface area contributed by atoms with Crippen LogP contribution in [0.1, 0.15) is 18.4 Å². The van der Waals surface area contributed by atoms with E-state index in [1.807, 2.05) is 11.9 Å². The van der Waals surface area contributed by atoms with Gasteiger partial charge >= 0.3 is 0 Å². The zero-order chi connectivity index (χ0) is 17.2. The van der Waals surface area contributed by atoms with Gasteiger partial charge < -0.3 is 10.3 Å². The van der Waals surface area contributed by atoms with Crippen LogP contribution >= 0.6 is 11.9 Å². The van der Waals surface area contributed by atoms with Gasteiger partial charge in [0.05, 0.1) is 11.2 Å². The predicted molar refractivity (Wildman–Crippen MR) is 110 cm³/mol. The normalized spacial score (nSPS) is 16.4. The fraction of sp³-hybridized carbons (Fsp3) is 0.333. The summed E-state index contributed by atoms with van der Waals surface area (Å²) < 4.78 is 2.45. The minimum absolute atomic E-state index is 0.553. The number of nitrogens with one attached hydrogen (secondary N) is 2. The molecule has 0 saturated carbocycles. The van der Waals surface area contributed by atoms with Crippen molar-refractivity contribution >= 4 is 28.5 Å². The lowest BCUT2D eigenvalue weighted by atomic mass is 10.1. The van der Waals surface area contributed by atoms with E-state index < -0.39 is 0 Å². The molecule has 2 aromatic carbocycles. The number of nitrogens with zero attached hydrogens (tertiary/aromatic N) is 1. The number of piperidine rings is 1. The van der Waals surface area contributed by atoms with Gasteiger partial charge in [-0.3, -0.25) is 4.31 Å². The highest BCUT2D eigenvalue weighted by atomic mass is 32.2. The highest BCUT2D eigenvalue weighted by Gasteiger charge is 2.19. The number of aryl methyl sites for hydroxylation is 1. The molecule has 2 heterocycles. The lowest BCUT2D eigenvalue weighted by Gasteiger charge is -2.31. The number of fused-ring (bicyclic) bond motifs is 1. The Hall–Kier alpha value is -1.91. The molecular formula is C21H25N3S. The molecule has 3 nitrogen and oxygen atoms in total. The summed E-state index contributed by atoms with van der Waals surface area (Å²) in [5.41, 5.74) is 6.17. The molecule has 0 atom stereocenters. The second-order valence-corrected chi connectivity index (χ2v) is 7.74. The number of hydrogen-bond donors (Lipinski definition) is 2. The molecule has 4 heteroatoms. The summed E-state index contributed by atoms with van der Waals surface area (Å²) >= 11 is 1.86. The topological polar surface area (TPSA) is 31.1 Å². The summed E-state index contributed by atoms with van der Waals surface area (Å²) in [7, 11) is 0. The maximum absolute atomic E-state index is 3.81. The number of rotatable bonds is 4. The minimum Gasteiger partial charge on any atom is -0.381 e. The van der Waals surface area contributed by atoms with E-state index in [9.17, 15) is 0 Å². The van der Waals surface area contributed by atoms with Crippen LogP contribution in [-0.2, 0) is 0 Å². The van der Waals surface area contributed by atoms with E-state index in [0.717, 1.165) is 13.1 Å². The predicted octanol–water partition coefficient (Wildman–Crippen LogP) is 5.30. The third-order valence-electron chi connectivity index (χ3n) is 5.03. The van der Waals surface area contributed by atoms with Crippen molar-refractivity contribution in [3.8, 4) is 11.3 Å². The monoisotopic (exact) mass is 351 g/mol. The Morgan fingerprint density at radius 3 is 2.56 bits per heavy atom. The molecule has 0 bridgehead atoms. The van der Waals surface area contributed by atoms with Gasteiger partial charge in [-0.1, -0.05) is 42.3 Å². The highest BCUT2D eigenvalue weighted by Crippen LogP contribution is 2.31. The molecule has 0 aliphatic carbocycles. The molecule has 1 fully saturated rings. The van der Waals surface area contributed by atoms with Crippen molar-refractivity contribution in [2.24, 2.45) is 0 Å². The Morgan fingerprint density at radius 1 is 1.08 bits per heavy atom. The smallest absolute Gasteiger partial charge is 0.0694 e. The van der Waals surface area contributed by atoms with Gasteiger partial charge in [-0.25, -0.2) is 0 Å². The number of aromatic amines is 1. The maximum atomic E-state index is 3.81. The third-order valence-corrected chi connectivity index (χ3v) is 5.91. The van der Waals surface area contributed by atoms with Crippen LogP contribution in [0.5, 0.6) is 0 Å². The van der Waals surface area contributed by atoms with E-state index in [1.165, 1.54) is 46.3 Å². The lowest BCUT2D eigenvalue weighted by molar-refractivity contribution is 0.359. The van der Waals surface area contributed by atoms with Crippen molar-refractivity contribution in [2.75, 3.05) is 24.7 Å². The van der Waals surface area contributed by atoms with E-state index in [0.29, 0.717) is 6.04 Å². The maximum Gasteiger partial charge on any atom is 0.0694 e. The van der Waals surface area contributed by atoms with Crippen LogP contribution in [0.15, 0.2) is 48.5 Å². The van der Waals surface area contributed by atoms with E-state index >= 15 is 0 Å². The lowest BCUT2D eigenvalue weighted by Crippen LogP contribution is -2.35. The van der Waals surface area contributed by atoms with Gasteiger partial charge in [0.15, 0.2) is 0 Å². The van der Waals surface area contributed by atoms with Crippen LogP contribution in [0.4, 0.5) is 5.69 Å². The SMILES string of the molecule is CSN1CCC(Nc2cc(C)cc3cc(-c4ccccc4)[nH]c23)CC1. The van der Waals surface area contributed by atoms with Crippen molar-refractivity contribution in [2.45, 2.75) is 25.8 Å². The average molecular weight is 352 g/mol. The molecule has 0 radical (unpaired) electrons. The van der Waals surface area contributed by atoms with Gasteiger partial charge in [0.25, 0.3) is 0 Å². The largest absolute Gasteiger partial charge is 0.381 e. The van der Waals surface area contributed by atoms with Crippen LogP contribution < -0.4 is 5.32 Å². The van der Waals surface area contributed by atoms with E-state index in [4.69, 9.17) is 0 Å². The van der Waals surface area contributed by atoms with Crippen LogP contribution in [0, 0.1) is 6.92 Å². The zero-order valence-electron chi connectivity index (χ0n) is 14.9. The highest BCUT2D eigenvalue weighted by molar-refractivity contribution is 7.96. The summed E-state index contributed by atoms with van der Waals surface area (Å²) in [6.45, 7) is 4.50. The molecule has 0 spiro atoms. The van der Waals surface area contributed by atoms with Gasteiger partial charge in [-0.2, -0.15) is 0 Å². The first-order chi connectivity index (χ1) is 12.2. The summed E-state index contributed by atoms with van der Waals surface area (Å²) in [6.07, 6.45) is 4.56. The first kappa shape index (κ1) is 16.6. The molecular weight excluding hydrogens is 326 g/mol. The van der Waals surface area contributed by atoms with Crippen LogP contribution in [-0.4, -0.2) is 34.7 Å². The fourth-order valence-corrected chi connectivity index (χ4v) is 4.26. The first-order valence-electron chi connectivity index (χ1n) is 8.97. The fourth-order valence-electron chi connectivity index (χ4n) is 3.68. The van der Waals surface area contributed by atoms with Crippen molar-refractivity contribution in [1.29, 1.82) is 0 Å². The number of benzene rings is 2. The Kier molecular flexibility index (Phi) is 4.73. The van der Waals surface area contributed by atoms with Crippen molar-refractivity contribution < 1.29 is 0 Å². The van der Waals surface area contributed by atoms with Crippen LogP contribution in [0.3, 0.4) is 0 Å². The molecule has 25 heavy (non-hydrogen) atoms. The average Bonchev–Trinajstić information content (AvgIpc) is 3.07. The number of H-pyrrole nitrogens is 1. The molecule has 4 rings (SSSR count). The summed E-state index contributed by atoms with van der Waals surface area (Å²) in [5, 5.41) is 5.09. The van der Waals surface area contributed by atoms with Gasteiger partial charge in [-0.05, 0) is 55.3 Å². The summed E-state index contributed by atoms with van der Waals surface area (Å²) in [5.74, 6) is 0. The van der Waals surface area contributed by atoms with Gasteiger partial charge in [0.2, 0.25) is 0 Å². The molecule has 0 unspecified atom stereocenters. The van der Waals surface area contributed by atoms with Gasteiger partial charge in [0.1, 0.15) is 0 Å². The van der Waals surface area contributed by atoms with E-state index in [2.05, 4.69) is 76.3 Å². The molecule has 2 N–H and O–H groups in total. The second kappa shape index (κ2) is 7.14. The van der Waals surface area contributed by atoms with E-state index in [1.54, 1.807) is 0 Å². The number of hydrogen-bond acceptors (Lipinski definition) is 3. The Bertz CT molecular complexity index is 848. The van der Waals surface area contributed by atoms with Crippen LogP contribution in [0.25, 0.3) is 22.2 Å².